The van der Waals surface area contributed by atoms with Crippen molar-refractivity contribution in [1.82, 2.24) is 10.2 Å². The van der Waals surface area contributed by atoms with Gasteiger partial charge in [0.25, 0.3) is 0 Å². The lowest BCUT2D eigenvalue weighted by atomic mass is 9.86. The van der Waals surface area contributed by atoms with E-state index in [0.717, 1.165) is 13.1 Å². The van der Waals surface area contributed by atoms with Crippen molar-refractivity contribution < 1.29 is 0 Å². The Morgan fingerprint density at radius 3 is 2.70 bits per heavy atom. The summed E-state index contributed by atoms with van der Waals surface area (Å²) in [5.41, 5.74) is 0.327. The summed E-state index contributed by atoms with van der Waals surface area (Å²) in [6.45, 7) is 10.3. The summed E-state index contributed by atoms with van der Waals surface area (Å²) in [4.78, 5) is 4.20. The molecule has 2 nitrogen and oxygen atoms in total. The van der Waals surface area contributed by atoms with Crippen molar-refractivity contribution in [3.05, 3.63) is 20.8 Å². The maximum Gasteiger partial charge on any atom is 0.0346 e. The van der Waals surface area contributed by atoms with Gasteiger partial charge in [-0.3, -0.25) is 4.90 Å². The van der Waals surface area contributed by atoms with Gasteiger partial charge in [0.2, 0.25) is 0 Å². The molecule has 0 aliphatic carbocycles. The summed E-state index contributed by atoms with van der Waals surface area (Å²) in [5.74, 6) is 0. The molecule has 0 spiro atoms. The molecule has 4 heteroatoms. The average Bonchev–Trinajstić information content (AvgIpc) is 2.86. The molecule has 1 aromatic heterocycles. The summed E-state index contributed by atoms with van der Waals surface area (Å²) in [5, 5.41) is 5.97. The van der Waals surface area contributed by atoms with Gasteiger partial charge in [-0.05, 0) is 46.6 Å². The molecule has 1 N–H and O–H groups in total. The summed E-state index contributed by atoms with van der Waals surface area (Å²) in [6, 6.07) is 2.83. The van der Waals surface area contributed by atoms with Crippen LogP contribution >= 0.6 is 27.3 Å². The Kier molecular flexibility index (Phi) is 6.09. The average molecular weight is 359 g/mol. The van der Waals surface area contributed by atoms with Crippen LogP contribution in [0.2, 0.25) is 0 Å². The van der Waals surface area contributed by atoms with Gasteiger partial charge in [0, 0.05) is 40.6 Å². The molecule has 0 bridgehead atoms. The molecule has 0 saturated carbocycles. The van der Waals surface area contributed by atoms with Crippen LogP contribution in [0.5, 0.6) is 0 Å². The summed E-state index contributed by atoms with van der Waals surface area (Å²) in [6.07, 6.45) is 4.99. The molecule has 1 fully saturated rings. The SMILES string of the molecule is CCCC1CN(Cc2sccc2Br)C(CC)(CC)CN1. The minimum absolute atomic E-state index is 0.327. The molecule has 114 valence electrons. The van der Waals surface area contributed by atoms with Crippen molar-refractivity contribution in [2.75, 3.05) is 13.1 Å². The number of piperazine rings is 1. The number of thiophene rings is 1. The number of rotatable bonds is 6. The zero-order valence-electron chi connectivity index (χ0n) is 12.9. The molecule has 20 heavy (non-hydrogen) atoms. The highest BCUT2D eigenvalue weighted by atomic mass is 79.9. The summed E-state index contributed by atoms with van der Waals surface area (Å²) < 4.78 is 1.27. The third-order valence-electron chi connectivity index (χ3n) is 4.81. The molecule has 1 atom stereocenters. The third kappa shape index (κ3) is 3.46. The molecule has 1 unspecified atom stereocenters. The zero-order chi connectivity index (χ0) is 14.6. The Bertz CT molecular complexity index is 414. The van der Waals surface area contributed by atoms with Crippen molar-refractivity contribution in [3.8, 4) is 0 Å². The number of hydrogen-bond acceptors (Lipinski definition) is 3. The number of nitrogens with zero attached hydrogens (tertiary/aromatic N) is 1. The van der Waals surface area contributed by atoms with Crippen molar-refractivity contribution in [3.63, 3.8) is 0 Å². The minimum atomic E-state index is 0.327. The second-order valence-corrected chi connectivity index (χ2v) is 7.73. The topological polar surface area (TPSA) is 15.3 Å². The molecular weight excluding hydrogens is 332 g/mol. The molecule has 1 aromatic rings. The largest absolute Gasteiger partial charge is 0.311 e. The lowest BCUT2D eigenvalue weighted by molar-refractivity contribution is 0.0234. The van der Waals surface area contributed by atoms with Gasteiger partial charge in [0.05, 0.1) is 0 Å². The van der Waals surface area contributed by atoms with Crippen LogP contribution in [0, 0.1) is 0 Å². The Labute approximate surface area is 136 Å². The quantitative estimate of drug-likeness (QED) is 0.796. The molecule has 2 heterocycles. The number of hydrogen-bond donors (Lipinski definition) is 1. The molecule has 2 rings (SSSR count). The smallest absolute Gasteiger partial charge is 0.0346 e. The maximum atomic E-state index is 3.79. The van der Waals surface area contributed by atoms with Crippen molar-refractivity contribution >= 4 is 27.3 Å². The summed E-state index contributed by atoms with van der Waals surface area (Å²) in [7, 11) is 0. The lowest BCUT2D eigenvalue weighted by Crippen LogP contribution is -2.63. The van der Waals surface area contributed by atoms with E-state index in [4.69, 9.17) is 0 Å². The van der Waals surface area contributed by atoms with Gasteiger partial charge in [0.1, 0.15) is 0 Å². The Morgan fingerprint density at radius 2 is 2.15 bits per heavy atom. The van der Waals surface area contributed by atoms with Gasteiger partial charge in [-0.15, -0.1) is 11.3 Å². The molecule has 1 saturated heterocycles. The highest BCUT2D eigenvalue weighted by Gasteiger charge is 2.38. The van der Waals surface area contributed by atoms with E-state index in [-0.39, 0.29) is 0 Å². The third-order valence-corrected chi connectivity index (χ3v) is 6.72. The first kappa shape index (κ1) is 16.5. The number of halogens is 1. The second kappa shape index (κ2) is 7.39. The fraction of sp³-hybridized carbons (Fsp3) is 0.750. The van der Waals surface area contributed by atoms with Crippen molar-refractivity contribution in [1.29, 1.82) is 0 Å². The second-order valence-electron chi connectivity index (χ2n) is 5.87. The first-order valence-corrected chi connectivity index (χ1v) is 9.52. The van der Waals surface area contributed by atoms with E-state index in [1.54, 1.807) is 0 Å². The van der Waals surface area contributed by atoms with Crippen molar-refractivity contribution in [2.24, 2.45) is 0 Å². The van der Waals surface area contributed by atoms with E-state index >= 15 is 0 Å². The fourth-order valence-electron chi connectivity index (χ4n) is 3.30. The first-order chi connectivity index (χ1) is 9.65. The Balaban J connectivity index is 2.15. The van der Waals surface area contributed by atoms with Crippen LogP contribution in [0.15, 0.2) is 15.9 Å². The molecular formula is C16H27BrN2S. The van der Waals surface area contributed by atoms with E-state index in [1.165, 1.54) is 41.6 Å². The van der Waals surface area contributed by atoms with Crippen LogP contribution in [-0.2, 0) is 6.54 Å². The van der Waals surface area contributed by atoms with Crippen molar-refractivity contribution in [2.45, 2.75) is 64.6 Å². The number of nitrogens with one attached hydrogen (secondary N) is 1. The van der Waals surface area contributed by atoms with Gasteiger partial charge in [-0.1, -0.05) is 27.2 Å². The monoisotopic (exact) mass is 358 g/mol. The first-order valence-electron chi connectivity index (χ1n) is 7.85. The van der Waals surface area contributed by atoms with E-state index < -0.39 is 0 Å². The van der Waals surface area contributed by atoms with E-state index in [1.807, 2.05) is 11.3 Å². The van der Waals surface area contributed by atoms with Crippen LogP contribution < -0.4 is 5.32 Å². The van der Waals surface area contributed by atoms with Crippen LogP contribution in [0.25, 0.3) is 0 Å². The van der Waals surface area contributed by atoms with Crippen LogP contribution in [0.3, 0.4) is 0 Å². The Hall–Kier alpha value is 0.1000. The highest BCUT2D eigenvalue weighted by Crippen LogP contribution is 2.32. The van der Waals surface area contributed by atoms with Crippen LogP contribution in [0.4, 0.5) is 0 Å². The zero-order valence-corrected chi connectivity index (χ0v) is 15.3. The maximum absolute atomic E-state index is 3.79. The molecule has 0 amide bonds. The molecule has 0 aromatic carbocycles. The van der Waals surface area contributed by atoms with E-state index in [2.05, 4.69) is 58.4 Å². The van der Waals surface area contributed by atoms with E-state index in [9.17, 15) is 0 Å². The van der Waals surface area contributed by atoms with E-state index in [0.29, 0.717) is 11.6 Å². The molecule has 1 aliphatic rings. The minimum Gasteiger partial charge on any atom is -0.311 e. The van der Waals surface area contributed by atoms with Gasteiger partial charge < -0.3 is 5.32 Å². The Morgan fingerprint density at radius 1 is 1.40 bits per heavy atom. The molecule has 0 radical (unpaired) electrons. The predicted molar refractivity (Wildman–Crippen MR) is 92.4 cm³/mol. The highest BCUT2D eigenvalue weighted by molar-refractivity contribution is 9.10. The van der Waals surface area contributed by atoms with Gasteiger partial charge >= 0.3 is 0 Å². The predicted octanol–water partition coefficient (Wildman–Crippen LogP) is 4.64. The molecule has 1 aliphatic heterocycles. The van der Waals surface area contributed by atoms with Crippen LogP contribution in [-0.4, -0.2) is 29.6 Å². The summed E-state index contributed by atoms with van der Waals surface area (Å²) >= 11 is 5.56. The lowest BCUT2D eigenvalue weighted by Gasteiger charge is -2.49. The van der Waals surface area contributed by atoms with Gasteiger partial charge in [-0.2, -0.15) is 0 Å². The fourth-order valence-corrected chi connectivity index (χ4v) is 4.80. The standard InChI is InChI=1S/C16H27BrN2S/c1-4-7-13-10-19(11-15-14(17)8-9-20-15)16(5-2,6-3)12-18-13/h8-9,13,18H,4-7,10-12H2,1-3H3. The van der Waals surface area contributed by atoms with Gasteiger partial charge in [-0.25, -0.2) is 0 Å². The normalized spacial score (nSPS) is 23.1. The van der Waals surface area contributed by atoms with Crippen LogP contribution in [0.1, 0.15) is 51.3 Å². The van der Waals surface area contributed by atoms with Gasteiger partial charge in [0.15, 0.2) is 0 Å².